The van der Waals surface area contributed by atoms with E-state index in [1.807, 2.05) is 6.07 Å². The Morgan fingerprint density at radius 2 is 1.91 bits per heavy atom. The van der Waals surface area contributed by atoms with E-state index in [2.05, 4.69) is 14.9 Å². The number of amides is 1. The van der Waals surface area contributed by atoms with E-state index >= 15 is 0 Å². The van der Waals surface area contributed by atoms with Gasteiger partial charge in [-0.2, -0.15) is 0 Å². The van der Waals surface area contributed by atoms with Crippen LogP contribution in [-0.2, 0) is 4.79 Å². The molecule has 0 aliphatic carbocycles. The molecule has 7 nitrogen and oxygen atoms in total. The number of carbonyl (C=O) groups excluding carboxylic acids is 1. The fourth-order valence-corrected chi connectivity index (χ4v) is 3.23. The van der Waals surface area contributed by atoms with Crippen molar-refractivity contribution in [1.29, 1.82) is 0 Å². The minimum Gasteiger partial charge on any atom is -1.00 e. The molecule has 0 radical (unpaired) electrons. The number of likely N-dealkylation sites (tertiary alicyclic amines) is 1. The van der Waals surface area contributed by atoms with Crippen LogP contribution in [0.15, 0.2) is 18.5 Å². The molecule has 0 aromatic carbocycles. The van der Waals surface area contributed by atoms with Crippen LogP contribution in [-0.4, -0.2) is 77.8 Å². The van der Waals surface area contributed by atoms with E-state index < -0.39 is 6.10 Å². The molecule has 2 aliphatic heterocycles. The highest BCUT2D eigenvalue weighted by atomic mass is 35.5. The van der Waals surface area contributed by atoms with Crippen LogP contribution in [0.1, 0.15) is 12.8 Å². The zero-order valence-electron chi connectivity index (χ0n) is 13.2. The number of aliphatic hydroxyl groups is 1. The predicted octanol–water partition coefficient (Wildman–Crippen LogP) is -4.83. The van der Waals surface area contributed by atoms with Gasteiger partial charge in [0.1, 0.15) is 12.6 Å². The quantitative estimate of drug-likeness (QED) is 0.562. The SMILES string of the molecule is O=C1CCCN1CC(O)C[NH+]1CCN(c2ncccn2)CC1.[Cl-]. The lowest BCUT2D eigenvalue weighted by Gasteiger charge is -2.33. The van der Waals surface area contributed by atoms with Crippen molar-refractivity contribution in [3.8, 4) is 0 Å². The van der Waals surface area contributed by atoms with Crippen molar-refractivity contribution in [1.82, 2.24) is 14.9 Å². The Labute approximate surface area is 142 Å². The standard InChI is InChI=1S/C15H23N5O2.ClH/c21-13(12-20-6-1-3-14(20)22)11-18-7-9-19(10-8-18)15-16-4-2-5-17-15;/h2,4-5,13,21H,1,3,6-12H2;1H. The van der Waals surface area contributed by atoms with Gasteiger partial charge in [-0.15, -0.1) is 0 Å². The summed E-state index contributed by atoms with van der Waals surface area (Å²) in [5.74, 6) is 0.963. The van der Waals surface area contributed by atoms with Crippen LogP contribution in [0.5, 0.6) is 0 Å². The topological polar surface area (TPSA) is 74.0 Å². The summed E-state index contributed by atoms with van der Waals surface area (Å²) in [4.78, 5) is 25.5. The number of nitrogens with zero attached hydrogens (tertiary/aromatic N) is 4. The van der Waals surface area contributed by atoms with Crippen molar-refractivity contribution < 1.29 is 27.2 Å². The third-order valence-electron chi connectivity index (χ3n) is 4.43. The Morgan fingerprint density at radius 1 is 1.22 bits per heavy atom. The summed E-state index contributed by atoms with van der Waals surface area (Å²) in [6, 6.07) is 1.82. The molecule has 2 saturated heterocycles. The summed E-state index contributed by atoms with van der Waals surface area (Å²) in [6.07, 6.45) is 4.65. The molecule has 1 atom stereocenters. The first kappa shape index (κ1) is 17.9. The fourth-order valence-electron chi connectivity index (χ4n) is 3.23. The van der Waals surface area contributed by atoms with Gasteiger partial charge in [0, 0.05) is 25.4 Å². The second-order valence-electron chi connectivity index (χ2n) is 6.09. The van der Waals surface area contributed by atoms with Gasteiger partial charge in [0.05, 0.1) is 32.7 Å². The Balaban J connectivity index is 0.00000192. The number of carbonyl (C=O) groups is 1. The van der Waals surface area contributed by atoms with Crippen LogP contribution >= 0.6 is 0 Å². The molecule has 1 aromatic heterocycles. The number of aromatic nitrogens is 2. The number of rotatable bonds is 5. The molecule has 1 unspecified atom stereocenters. The molecule has 1 aromatic rings. The van der Waals surface area contributed by atoms with Gasteiger partial charge < -0.3 is 32.2 Å². The maximum Gasteiger partial charge on any atom is 0.225 e. The molecule has 3 heterocycles. The predicted molar refractivity (Wildman–Crippen MR) is 81.6 cm³/mol. The number of nitrogens with one attached hydrogen (secondary N) is 1. The van der Waals surface area contributed by atoms with Crippen molar-refractivity contribution in [3.05, 3.63) is 18.5 Å². The van der Waals surface area contributed by atoms with Gasteiger partial charge in [0.2, 0.25) is 11.9 Å². The molecule has 8 heteroatoms. The molecule has 0 spiro atoms. The van der Waals surface area contributed by atoms with Gasteiger partial charge in [-0.3, -0.25) is 4.79 Å². The van der Waals surface area contributed by atoms with Crippen LogP contribution in [0.25, 0.3) is 0 Å². The number of hydrogen-bond donors (Lipinski definition) is 2. The van der Waals surface area contributed by atoms with E-state index in [-0.39, 0.29) is 18.3 Å². The van der Waals surface area contributed by atoms with E-state index in [1.54, 1.807) is 17.3 Å². The number of β-amino-alcohol motifs (C(OH)–C–C–N with tert-alkyl or cyclic N) is 1. The summed E-state index contributed by atoms with van der Waals surface area (Å²) in [5, 5.41) is 10.2. The van der Waals surface area contributed by atoms with Crippen molar-refractivity contribution >= 4 is 11.9 Å². The van der Waals surface area contributed by atoms with Gasteiger partial charge in [0.15, 0.2) is 0 Å². The van der Waals surface area contributed by atoms with E-state index in [4.69, 9.17) is 0 Å². The summed E-state index contributed by atoms with van der Waals surface area (Å²) >= 11 is 0. The molecular weight excluding hydrogens is 318 g/mol. The summed E-state index contributed by atoms with van der Waals surface area (Å²) in [5.41, 5.74) is 0. The molecule has 128 valence electrons. The van der Waals surface area contributed by atoms with Gasteiger partial charge >= 0.3 is 0 Å². The minimum atomic E-state index is -0.434. The first-order valence-corrected chi connectivity index (χ1v) is 8.04. The fraction of sp³-hybridized carbons (Fsp3) is 0.667. The summed E-state index contributed by atoms with van der Waals surface area (Å²) < 4.78 is 0. The number of quaternary nitrogens is 1. The van der Waals surface area contributed by atoms with Gasteiger partial charge in [-0.25, -0.2) is 9.97 Å². The lowest BCUT2D eigenvalue weighted by atomic mass is 10.2. The monoisotopic (exact) mass is 341 g/mol. The van der Waals surface area contributed by atoms with Gasteiger partial charge in [-0.05, 0) is 12.5 Å². The minimum absolute atomic E-state index is 0. The summed E-state index contributed by atoms with van der Waals surface area (Å²) in [6.45, 7) is 5.70. The molecule has 1 amide bonds. The molecule has 2 fully saturated rings. The van der Waals surface area contributed by atoms with Crippen molar-refractivity contribution in [3.63, 3.8) is 0 Å². The Hall–Kier alpha value is -1.44. The van der Waals surface area contributed by atoms with Crippen LogP contribution in [0.2, 0.25) is 0 Å². The van der Waals surface area contributed by atoms with E-state index in [0.717, 1.165) is 45.1 Å². The van der Waals surface area contributed by atoms with Crippen molar-refractivity contribution in [2.45, 2.75) is 18.9 Å². The Kier molecular flexibility index (Phi) is 6.56. The second-order valence-corrected chi connectivity index (χ2v) is 6.09. The van der Waals surface area contributed by atoms with Crippen LogP contribution in [0.3, 0.4) is 0 Å². The smallest absolute Gasteiger partial charge is 0.225 e. The molecule has 23 heavy (non-hydrogen) atoms. The van der Waals surface area contributed by atoms with Gasteiger partial charge in [0.25, 0.3) is 0 Å². The van der Waals surface area contributed by atoms with Crippen molar-refractivity contribution in [2.24, 2.45) is 0 Å². The highest BCUT2D eigenvalue weighted by Crippen LogP contribution is 2.09. The first-order valence-electron chi connectivity index (χ1n) is 8.04. The lowest BCUT2D eigenvalue weighted by molar-refractivity contribution is -0.903. The highest BCUT2D eigenvalue weighted by molar-refractivity contribution is 5.78. The zero-order chi connectivity index (χ0) is 15.4. The lowest BCUT2D eigenvalue weighted by Crippen LogP contribution is -3.16. The average molecular weight is 342 g/mol. The highest BCUT2D eigenvalue weighted by Gasteiger charge is 2.27. The maximum atomic E-state index is 11.6. The second kappa shape index (κ2) is 8.42. The molecular formula is C15H24ClN5O2. The average Bonchev–Trinajstić information content (AvgIpc) is 2.94. The van der Waals surface area contributed by atoms with Crippen molar-refractivity contribution in [2.75, 3.05) is 50.7 Å². The van der Waals surface area contributed by atoms with Gasteiger partial charge in [-0.1, -0.05) is 0 Å². The van der Waals surface area contributed by atoms with E-state index in [1.165, 1.54) is 4.90 Å². The third-order valence-corrected chi connectivity index (χ3v) is 4.43. The molecule has 3 rings (SSSR count). The molecule has 2 N–H and O–H groups in total. The van der Waals surface area contributed by atoms with Crippen LogP contribution < -0.4 is 22.2 Å². The number of anilines is 1. The van der Waals surface area contributed by atoms with E-state index in [0.29, 0.717) is 19.5 Å². The first-order chi connectivity index (χ1) is 10.7. The maximum absolute atomic E-state index is 11.6. The number of halogens is 1. The summed E-state index contributed by atoms with van der Waals surface area (Å²) in [7, 11) is 0. The number of hydrogen-bond acceptors (Lipinski definition) is 5. The largest absolute Gasteiger partial charge is 1.00 e. The van der Waals surface area contributed by atoms with Crippen LogP contribution in [0, 0.1) is 0 Å². The van der Waals surface area contributed by atoms with Crippen LogP contribution in [0.4, 0.5) is 5.95 Å². The number of piperazine rings is 1. The molecule has 0 saturated carbocycles. The molecule has 0 bridgehead atoms. The zero-order valence-corrected chi connectivity index (χ0v) is 14.0. The third kappa shape index (κ3) is 4.76. The normalized spacial score (nSPS) is 20.5. The van der Waals surface area contributed by atoms with E-state index in [9.17, 15) is 9.90 Å². The Bertz CT molecular complexity index is 496. The number of aliphatic hydroxyl groups excluding tert-OH is 1. The molecule has 2 aliphatic rings. The Morgan fingerprint density at radius 3 is 2.52 bits per heavy atom.